The number of hydrogen-bond acceptors (Lipinski definition) is 2. The molecule has 2 N–H and O–H groups in total. The molecular formula is C18H23N3O. The molecule has 0 saturated carbocycles. The summed E-state index contributed by atoms with van der Waals surface area (Å²) < 4.78 is 5.32. The van der Waals surface area contributed by atoms with Crippen LogP contribution >= 0.6 is 0 Å². The van der Waals surface area contributed by atoms with Crippen LogP contribution in [-0.4, -0.2) is 19.0 Å². The highest BCUT2D eigenvalue weighted by Crippen LogP contribution is 2.04. The average molecular weight is 297 g/mol. The number of benzene rings is 1. The van der Waals surface area contributed by atoms with Crippen molar-refractivity contribution in [3.05, 3.63) is 72.2 Å². The number of nitrogens with one attached hydrogen (secondary N) is 2. The van der Waals surface area contributed by atoms with E-state index >= 15 is 0 Å². The molecule has 2 aromatic rings. The first-order chi connectivity index (χ1) is 10.8. The molecule has 0 atom stereocenters. The number of furan rings is 1. The zero-order valence-electron chi connectivity index (χ0n) is 13.0. The Morgan fingerprint density at radius 1 is 1.23 bits per heavy atom. The van der Waals surface area contributed by atoms with Crippen molar-refractivity contribution in [2.75, 3.05) is 13.1 Å². The molecule has 0 unspecified atom stereocenters. The Hall–Kier alpha value is -2.49. The van der Waals surface area contributed by atoms with Crippen LogP contribution in [0.1, 0.15) is 16.9 Å². The van der Waals surface area contributed by atoms with Gasteiger partial charge in [-0.2, -0.15) is 0 Å². The highest BCUT2D eigenvalue weighted by molar-refractivity contribution is 5.79. The van der Waals surface area contributed by atoms with Crippen molar-refractivity contribution in [2.45, 2.75) is 19.9 Å². The van der Waals surface area contributed by atoms with Crippen LogP contribution in [0.15, 0.2) is 64.7 Å². The zero-order valence-corrected chi connectivity index (χ0v) is 13.0. The molecule has 4 heteroatoms. The average Bonchev–Trinajstić information content (AvgIpc) is 3.04. The smallest absolute Gasteiger partial charge is 0.191 e. The summed E-state index contributed by atoms with van der Waals surface area (Å²) in [6.07, 6.45) is 4.33. The van der Waals surface area contributed by atoms with Crippen LogP contribution < -0.4 is 10.6 Å². The van der Waals surface area contributed by atoms with Gasteiger partial charge in [-0.3, -0.25) is 0 Å². The fourth-order valence-electron chi connectivity index (χ4n) is 1.97. The first-order valence-corrected chi connectivity index (χ1v) is 7.49. The molecule has 0 aliphatic heterocycles. The minimum Gasteiger partial charge on any atom is -0.469 e. The molecular weight excluding hydrogens is 274 g/mol. The van der Waals surface area contributed by atoms with Gasteiger partial charge in [0.1, 0.15) is 5.76 Å². The van der Waals surface area contributed by atoms with E-state index in [1.54, 1.807) is 6.26 Å². The van der Waals surface area contributed by atoms with E-state index in [1.165, 1.54) is 11.1 Å². The largest absolute Gasteiger partial charge is 0.469 e. The van der Waals surface area contributed by atoms with Gasteiger partial charge in [0.25, 0.3) is 0 Å². The minimum absolute atomic E-state index is 0.646. The van der Waals surface area contributed by atoms with E-state index in [2.05, 4.69) is 53.4 Å². The topological polar surface area (TPSA) is 49.6 Å². The lowest BCUT2D eigenvalue weighted by molar-refractivity contribution is 0.507. The Kier molecular flexibility index (Phi) is 6.30. The Morgan fingerprint density at radius 3 is 2.73 bits per heavy atom. The van der Waals surface area contributed by atoms with Crippen LogP contribution in [0.2, 0.25) is 0 Å². The molecule has 1 aromatic carbocycles. The molecule has 0 saturated heterocycles. The third-order valence-electron chi connectivity index (χ3n) is 3.20. The monoisotopic (exact) mass is 297 g/mol. The number of guanidine groups is 1. The van der Waals surface area contributed by atoms with Crippen LogP contribution in [0.5, 0.6) is 0 Å². The fraction of sp³-hybridized carbons (Fsp3) is 0.278. The quantitative estimate of drug-likeness (QED) is 0.469. The highest BCUT2D eigenvalue weighted by atomic mass is 16.3. The minimum atomic E-state index is 0.646. The number of aliphatic imine (C=N–C) groups is 1. The van der Waals surface area contributed by atoms with Gasteiger partial charge in [-0.25, -0.2) is 4.99 Å². The second-order valence-corrected chi connectivity index (χ2v) is 5.08. The molecule has 0 bridgehead atoms. The summed E-state index contributed by atoms with van der Waals surface area (Å²) in [7, 11) is 0. The highest BCUT2D eigenvalue weighted by Gasteiger charge is 2.00. The normalized spacial score (nSPS) is 11.2. The van der Waals surface area contributed by atoms with Crippen molar-refractivity contribution >= 4 is 5.96 Å². The first-order valence-electron chi connectivity index (χ1n) is 7.49. The van der Waals surface area contributed by atoms with E-state index in [9.17, 15) is 0 Å². The molecule has 4 nitrogen and oxygen atoms in total. The van der Waals surface area contributed by atoms with Crippen LogP contribution in [0.25, 0.3) is 0 Å². The Balaban J connectivity index is 1.87. The maximum absolute atomic E-state index is 5.32. The molecule has 0 aliphatic carbocycles. The molecule has 22 heavy (non-hydrogen) atoms. The first kappa shape index (κ1) is 15.9. The maximum Gasteiger partial charge on any atom is 0.191 e. The predicted molar refractivity (Wildman–Crippen MR) is 90.9 cm³/mol. The number of nitrogens with zero attached hydrogens (tertiary/aromatic N) is 1. The molecule has 0 aliphatic rings. The van der Waals surface area contributed by atoms with E-state index in [0.29, 0.717) is 13.1 Å². The van der Waals surface area contributed by atoms with Crippen molar-refractivity contribution in [3.8, 4) is 0 Å². The molecule has 1 aromatic heterocycles. The lowest BCUT2D eigenvalue weighted by atomic mass is 10.1. The fourth-order valence-corrected chi connectivity index (χ4v) is 1.97. The number of aryl methyl sites for hydroxylation is 1. The van der Waals surface area contributed by atoms with Crippen LogP contribution in [0, 0.1) is 6.92 Å². The summed E-state index contributed by atoms with van der Waals surface area (Å²) in [5.41, 5.74) is 2.45. The Bertz CT molecular complexity index is 585. The predicted octanol–water partition coefficient (Wildman–Crippen LogP) is 3.05. The van der Waals surface area contributed by atoms with Crippen molar-refractivity contribution in [3.63, 3.8) is 0 Å². The standard InChI is InChI=1S/C18H23N3O/c1-3-11-19-18(20-12-10-17-5-4-13-22-17)21-14-16-8-6-15(2)7-9-16/h3-9,13H,1,10-12,14H2,2H3,(H2,19,20,21). The zero-order chi connectivity index (χ0) is 15.6. The molecule has 0 amide bonds. The van der Waals surface area contributed by atoms with Crippen molar-refractivity contribution in [1.82, 2.24) is 10.6 Å². The van der Waals surface area contributed by atoms with E-state index in [1.807, 2.05) is 18.2 Å². The van der Waals surface area contributed by atoms with Crippen molar-refractivity contribution in [1.29, 1.82) is 0 Å². The summed E-state index contributed by atoms with van der Waals surface area (Å²) in [5.74, 6) is 1.75. The van der Waals surface area contributed by atoms with Crippen molar-refractivity contribution in [2.24, 2.45) is 4.99 Å². The van der Waals surface area contributed by atoms with Gasteiger partial charge < -0.3 is 15.1 Å². The lowest BCUT2D eigenvalue weighted by Gasteiger charge is -2.11. The Morgan fingerprint density at radius 2 is 2.05 bits per heavy atom. The lowest BCUT2D eigenvalue weighted by Crippen LogP contribution is -2.38. The third kappa shape index (κ3) is 5.48. The molecule has 0 spiro atoms. The third-order valence-corrected chi connectivity index (χ3v) is 3.20. The second-order valence-electron chi connectivity index (χ2n) is 5.08. The van der Waals surface area contributed by atoms with Gasteiger partial charge in [0.05, 0.1) is 12.8 Å². The molecule has 0 fully saturated rings. The van der Waals surface area contributed by atoms with E-state index in [-0.39, 0.29) is 0 Å². The summed E-state index contributed by atoms with van der Waals surface area (Å²) in [6, 6.07) is 12.3. The molecule has 1 heterocycles. The van der Waals surface area contributed by atoms with Gasteiger partial charge in [-0.05, 0) is 24.6 Å². The van der Waals surface area contributed by atoms with Gasteiger partial charge in [-0.15, -0.1) is 6.58 Å². The van der Waals surface area contributed by atoms with Crippen molar-refractivity contribution < 1.29 is 4.42 Å². The van der Waals surface area contributed by atoms with Gasteiger partial charge in [0.2, 0.25) is 0 Å². The van der Waals surface area contributed by atoms with E-state index in [0.717, 1.165) is 24.7 Å². The summed E-state index contributed by atoms with van der Waals surface area (Å²) in [6.45, 7) is 7.90. The SMILES string of the molecule is C=CCNC(=NCc1ccc(C)cc1)NCCc1ccco1. The van der Waals surface area contributed by atoms with Gasteiger partial charge in [-0.1, -0.05) is 35.9 Å². The molecule has 0 radical (unpaired) electrons. The summed E-state index contributed by atoms with van der Waals surface area (Å²) in [5, 5.41) is 6.53. The molecule has 116 valence electrons. The Labute approximate surface area is 132 Å². The maximum atomic E-state index is 5.32. The molecule has 2 rings (SSSR count). The van der Waals surface area contributed by atoms with Crippen LogP contribution in [0.4, 0.5) is 0 Å². The summed E-state index contributed by atoms with van der Waals surface area (Å²) >= 11 is 0. The van der Waals surface area contributed by atoms with E-state index < -0.39 is 0 Å². The van der Waals surface area contributed by atoms with E-state index in [4.69, 9.17) is 4.42 Å². The number of hydrogen-bond donors (Lipinski definition) is 2. The van der Waals surface area contributed by atoms with Crippen LogP contribution in [0.3, 0.4) is 0 Å². The van der Waals surface area contributed by atoms with Gasteiger partial charge >= 0.3 is 0 Å². The van der Waals surface area contributed by atoms with Gasteiger partial charge in [0.15, 0.2) is 5.96 Å². The number of rotatable bonds is 7. The second kappa shape index (κ2) is 8.72. The van der Waals surface area contributed by atoms with Gasteiger partial charge in [0, 0.05) is 19.5 Å². The summed E-state index contributed by atoms with van der Waals surface area (Å²) in [4.78, 5) is 4.60. The van der Waals surface area contributed by atoms with Crippen LogP contribution in [-0.2, 0) is 13.0 Å².